The van der Waals surface area contributed by atoms with Gasteiger partial charge in [0.2, 0.25) is 5.91 Å². The standard InChI is InChI=1S/C10H19N3O5/c1-7(5-9(15)16)13-10(17)12-6-8(14)11-3-4-18-2/h7H,3-6H2,1-2H3,(H,11,14)(H,15,16)(H2,12,13,17). The van der Waals surface area contributed by atoms with Crippen molar-refractivity contribution in [2.24, 2.45) is 0 Å². The maximum absolute atomic E-state index is 11.2. The first-order valence-electron chi connectivity index (χ1n) is 5.47. The van der Waals surface area contributed by atoms with E-state index in [0.29, 0.717) is 13.2 Å². The van der Waals surface area contributed by atoms with Crippen LogP contribution in [0, 0.1) is 0 Å². The first-order valence-corrected chi connectivity index (χ1v) is 5.47. The number of nitrogens with one attached hydrogen (secondary N) is 3. The Hall–Kier alpha value is -1.83. The Kier molecular flexibility index (Phi) is 8.29. The summed E-state index contributed by atoms with van der Waals surface area (Å²) in [5.41, 5.74) is 0. The third-order valence-corrected chi connectivity index (χ3v) is 1.90. The molecule has 0 fully saturated rings. The molecule has 8 heteroatoms. The smallest absolute Gasteiger partial charge is 0.315 e. The number of ether oxygens (including phenoxy) is 1. The lowest BCUT2D eigenvalue weighted by Gasteiger charge is -2.12. The zero-order valence-electron chi connectivity index (χ0n) is 10.5. The van der Waals surface area contributed by atoms with Crippen LogP contribution in [0.3, 0.4) is 0 Å². The highest BCUT2D eigenvalue weighted by Gasteiger charge is 2.11. The van der Waals surface area contributed by atoms with Crippen molar-refractivity contribution in [2.45, 2.75) is 19.4 Å². The number of urea groups is 1. The van der Waals surface area contributed by atoms with Crippen LogP contribution in [0.2, 0.25) is 0 Å². The summed E-state index contributed by atoms with van der Waals surface area (Å²) in [5, 5.41) is 15.7. The van der Waals surface area contributed by atoms with Gasteiger partial charge < -0.3 is 25.8 Å². The van der Waals surface area contributed by atoms with E-state index in [1.807, 2.05) is 0 Å². The molecule has 0 aromatic carbocycles. The predicted octanol–water partition coefficient (Wildman–Crippen LogP) is -1.09. The zero-order chi connectivity index (χ0) is 14.0. The van der Waals surface area contributed by atoms with Gasteiger partial charge in [-0.25, -0.2) is 4.79 Å². The first-order chi connectivity index (χ1) is 8.45. The molecule has 3 amide bonds. The van der Waals surface area contributed by atoms with Gasteiger partial charge in [-0.05, 0) is 6.92 Å². The number of carboxylic acid groups (broad SMARTS) is 1. The van der Waals surface area contributed by atoms with E-state index in [1.54, 1.807) is 6.92 Å². The maximum atomic E-state index is 11.2. The number of hydrogen-bond acceptors (Lipinski definition) is 4. The molecule has 4 N–H and O–H groups in total. The molecule has 0 aromatic rings. The van der Waals surface area contributed by atoms with Gasteiger partial charge in [0.1, 0.15) is 0 Å². The molecule has 0 bridgehead atoms. The highest BCUT2D eigenvalue weighted by molar-refractivity contribution is 5.84. The van der Waals surface area contributed by atoms with Crippen molar-refractivity contribution in [3.8, 4) is 0 Å². The Morgan fingerprint density at radius 1 is 1.28 bits per heavy atom. The molecule has 0 rings (SSSR count). The van der Waals surface area contributed by atoms with Crippen LogP contribution in [0.25, 0.3) is 0 Å². The van der Waals surface area contributed by atoms with Crippen molar-refractivity contribution in [1.29, 1.82) is 0 Å². The third-order valence-electron chi connectivity index (χ3n) is 1.90. The van der Waals surface area contributed by atoms with E-state index >= 15 is 0 Å². The van der Waals surface area contributed by atoms with Crippen LogP contribution in [-0.4, -0.2) is 55.9 Å². The summed E-state index contributed by atoms with van der Waals surface area (Å²) in [6.45, 7) is 2.16. The molecule has 8 nitrogen and oxygen atoms in total. The second kappa shape index (κ2) is 9.23. The predicted molar refractivity (Wildman–Crippen MR) is 63.1 cm³/mol. The Morgan fingerprint density at radius 2 is 1.94 bits per heavy atom. The number of aliphatic carboxylic acids is 1. The highest BCUT2D eigenvalue weighted by Crippen LogP contribution is 1.89. The molecule has 1 atom stereocenters. The molecule has 0 spiro atoms. The molecule has 0 aromatic heterocycles. The Labute approximate surface area is 105 Å². The number of carbonyl (C=O) groups is 3. The molecular formula is C10H19N3O5. The van der Waals surface area contributed by atoms with Crippen LogP contribution >= 0.6 is 0 Å². The minimum atomic E-state index is -1.000. The average molecular weight is 261 g/mol. The fraction of sp³-hybridized carbons (Fsp3) is 0.700. The van der Waals surface area contributed by atoms with Gasteiger partial charge in [0, 0.05) is 19.7 Å². The number of carboxylic acids is 1. The van der Waals surface area contributed by atoms with E-state index in [-0.39, 0.29) is 18.9 Å². The quantitative estimate of drug-likeness (QED) is 0.414. The maximum Gasteiger partial charge on any atom is 0.315 e. The molecule has 104 valence electrons. The van der Waals surface area contributed by atoms with Gasteiger partial charge in [0.15, 0.2) is 0 Å². The normalized spacial score (nSPS) is 11.4. The van der Waals surface area contributed by atoms with Crippen LogP contribution < -0.4 is 16.0 Å². The van der Waals surface area contributed by atoms with E-state index in [2.05, 4.69) is 16.0 Å². The Balaban J connectivity index is 3.69. The van der Waals surface area contributed by atoms with Crippen molar-refractivity contribution < 1.29 is 24.2 Å². The van der Waals surface area contributed by atoms with Gasteiger partial charge in [0.25, 0.3) is 0 Å². The minimum Gasteiger partial charge on any atom is -0.481 e. The van der Waals surface area contributed by atoms with E-state index in [1.165, 1.54) is 7.11 Å². The van der Waals surface area contributed by atoms with Crippen molar-refractivity contribution in [2.75, 3.05) is 26.8 Å². The summed E-state index contributed by atoms with van der Waals surface area (Å²) in [4.78, 5) is 32.8. The van der Waals surface area contributed by atoms with E-state index in [4.69, 9.17) is 9.84 Å². The van der Waals surface area contributed by atoms with Gasteiger partial charge in [-0.15, -0.1) is 0 Å². The van der Waals surface area contributed by atoms with E-state index in [9.17, 15) is 14.4 Å². The van der Waals surface area contributed by atoms with Crippen molar-refractivity contribution in [3.05, 3.63) is 0 Å². The lowest BCUT2D eigenvalue weighted by atomic mass is 10.2. The fourth-order valence-electron chi connectivity index (χ4n) is 1.10. The van der Waals surface area contributed by atoms with Gasteiger partial charge >= 0.3 is 12.0 Å². The third kappa shape index (κ3) is 9.40. The molecule has 0 saturated carbocycles. The number of hydrogen-bond donors (Lipinski definition) is 4. The Morgan fingerprint density at radius 3 is 2.50 bits per heavy atom. The fourth-order valence-corrected chi connectivity index (χ4v) is 1.10. The van der Waals surface area contributed by atoms with Gasteiger partial charge in [-0.1, -0.05) is 0 Å². The van der Waals surface area contributed by atoms with Crippen LogP contribution in [-0.2, 0) is 14.3 Å². The molecule has 0 aliphatic heterocycles. The molecule has 0 radical (unpaired) electrons. The van der Waals surface area contributed by atoms with Crippen LogP contribution in [0.15, 0.2) is 0 Å². The van der Waals surface area contributed by atoms with Crippen molar-refractivity contribution >= 4 is 17.9 Å². The molecule has 0 aliphatic carbocycles. The molecule has 1 unspecified atom stereocenters. The number of rotatable bonds is 8. The second-order valence-electron chi connectivity index (χ2n) is 3.67. The summed E-state index contributed by atoms with van der Waals surface area (Å²) in [6.07, 6.45) is -0.173. The van der Waals surface area contributed by atoms with Crippen LogP contribution in [0.5, 0.6) is 0 Å². The molecular weight excluding hydrogens is 242 g/mol. The second-order valence-corrected chi connectivity index (χ2v) is 3.67. The summed E-state index contributed by atoms with van der Waals surface area (Å²) in [5.74, 6) is -1.34. The molecule has 0 aliphatic rings. The van der Waals surface area contributed by atoms with Gasteiger partial charge in [-0.2, -0.15) is 0 Å². The highest BCUT2D eigenvalue weighted by atomic mass is 16.5. The van der Waals surface area contributed by atoms with Crippen LogP contribution in [0.4, 0.5) is 4.79 Å². The molecule has 0 saturated heterocycles. The Bertz CT molecular complexity index is 295. The summed E-state index contributed by atoms with van der Waals surface area (Å²) < 4.78 is 4.74. The largest absolute Gasteiger partial charge is 0.481 e. The number of carbonyl (C=O) groups excluding carboxylic acids is 2. The lowest BCUT2D eigenvalue weighted by molar-refractivity contribution is -0.137. The van der Waals surface area contributed by atoms with E-state index < -0.39 is 18.0 Å². The van der Waals surface area contributed by atoms with Crippen molar-refractivity contribution in [1.82, 2.24) is 16.0 Å². The molecule has 18 heavy (non-hydrogen) atoms. The summed E-state index contributed by atoms with van der Waals surface area (Å²) >= 11 is 0. The lowest BCUT2D eigenvalue weighted by Crippen LogP contribution is -2.45. The van der Waals surface area contributed by atoms with Gasteiger partial charge in [0.05, 0.1) is 19.6 Å². The average Bonchev–Trinajstić information content (AvgIpc) is 2.25. The summed E-state index contributed by atoms with van der Waals surface area (Å²) in [7, 11) is 1.52. The van der Waals surface area contributed by atoms with E-state index in [0.717, 1.165) is 0 Å². The topological polar surface area (TPSA) is 117 Å². The number of methoxy groups -OCH3 is 1. The minimum absolute atomic E-state index is 0.171. The monoisotopic (exact) mass is 261 g/mol. The summed E-state index contributed by atoms with van der Waals surface area (Å²) in [6, 6.07) is -1.08. The van der Waals surface area contributed by atoms with Crippen molar-refractivity contribution in [3.63, 3.8) is 0 Å². The molecule has 0 heterocycles. The zero-order valence-corrected chi connectivity index (χ0v) is 10.5. The number of amides is 3. The van der Waals surface area contributed by atoms with Crippen LogP contribution in [0.1, 0.15) is 13.3 Å². The van der Waals surface area contributed by atoms with Gasteiger partial charge in [-0.3, -0.25) is 9.59 Å². The SMILES string of the molecule is COCCNC(=O)CNC(=O)NC(C)CC(=O)O. The first kappa shape index (κ1) is 16.2.